The molecule has 1 N–H and O–H groups in total. The molecule has 3 aliphatic rings. The van der Waals surface area contributed by atoms with Crippen molar-refractivity contribution in [3.05, 3.63) is 12.2 Å². The van der Waals surface area contributed by atoms with Gasteiger partial charge in [0, 0.05) is 31.6 Å². The smallest absolute Gasteiger partial charge is 0.223 e. The SMILES string of the molecule is CC=CCCC(=O)N1C2CNCC1C2. The van der Waals surface area contributed by atoms with Crippen LogP contribution in [0.1, 0.15) is 26.2 Å². The second-order valence-corrected chi connectivity index (χ2v) is 4.11. The molecule has 3 saturated heterocycles. The third-order valence-electron chi connectivity index (χ3n) is 3.14. The van der Waals surface area contributed by atoms with Crippen molar-refractivity contribution in [1.82, 2.24) is 10.2 Å². The van der Waals surface area contributed by atoms with E-state index >= 15 is 0 Å². The molecule has 0 aromatic heterocycles. The maximum absolute atomic E-state index is 11.8. The topological polar surface area (TPSA) is 32.3 Å². The Morgan fingerprint density at radius 2 is 2.21 bits per heavy atom. The Hall–Kier alpha value is -0.830. The van der Waals surface area contributed by atoms with Crippen LogP contribution in [0, 0.1) is 0 Å². The largest absolute Gasteiger partial charge is 0.334 e. The van der Waals surface area contributed by atoms with Gasteiger partial charge in [0.05, 0.1) is 0 Å². The minimum Gasteiger partial charge on any atom is -0.334 e. The van der Waals surface area contributed by atoms with Crippen LogP contribution >= 0.6 is 0 Å². The quantitative estimate of drug-likeness (QED) is 0.677. The third-order valence-corrected chi connectivity index (χ3v) is 3.14. The van der Waals surface area contributed by atoms with Crippen LogP contribution in [0.2, 0.25) is 0 Å². The molecule has 0 saturated carbocycles. The molecule has 0 aliphatic carbocycles. The van der Waals surface area contributed by atoms with Crippen molar-refractivity contribution in [2.45, 2.75) is 38.3 Å². The molecule has 14 heavy (non-hydrogen) atoms. The van der Waals surface area contributed by atoms with E-state index in [1.165, 1.54) is 6.42 Å². The zero-order valence-electron chi connectivity index (χ0n) is 8.70. The molecule has 2 unspecified atom stereocenters. The third kappa shape index (κ3) is 1.69. The fourth-order valence-corrected chi connectivity index (χ4v) is 2.39. The van der Waals surface area contributed by atoms with Gasteiger partial charge in [-0.25, -0.2) is 0 Å². The van der Waals surface area contributed by atoms with Crippen LogP contribution in [0.25, 0.3) is 0 Å². The zero-order valence-corrected chi connectivity index (χ0v) is 8.70. The fraction of sp³-hybridized carbons (Fsp3) is 0.727. The van der Waals surface area contributed by atoms with Crippen molar-refractivity contribution in [3.8, 4) is 0 Å². The van der Waals surface area contributed by atoms with Gasteiger partial charge in [-0.05, 0) is 19.8 Å². The predicted molar refractivity (Wildman–Crippen MR) is 56.0 cm³/mol. The molecule has 78 valence electrons. The Balaban J connectivity index is 1.81. The van der Waals surface area contributed by atoms with Crippen LogP contribution in [0.5, 0.6) is 0 Å². The van der Waals surface area contributed by atoms with Crippen molar-refractivity contribution in [3.63, 3.8) is 0 Å². The van der Waals surface area contributed by atoms with E-state index < -0.39 is 0 Å². The molecule has 3 aliphatic heterocycles. The number of hydrogen-bond acceptors (Lipinski definition) is 2. The van der Waals surface area contributed by atoms with Gasteiger partial charge in [0.2, 0.25) is 5.91 Å². The zero-order chi connectivity index (χ0) is 9.97. The number of carbonyl (C=O) groups excluding carboxylic acids is 1. The summed E-state index contributed by atoms with van der Waals surface area (Å²) in [5.74, 6) is 0.339. The van der Waals surface area contributed by atoms with Crippen molar-refractivity contribution < 1.29 is 4.79 Å². The Bertz CT molecular complexity index is 236. The first-order valence-corrected chi connectivity index (χ1v) is 5.46. The van der Waals surface area contributed by atoms with Crippen molar-refractivity contribution >= 4 is 5.91 Å². The second kappa shape index (κ2) is 4.13. The summed E-state index contributed by atoms with van der Waals surface area (Å²) in [4.78, 5) is 13.9. The summed E-state index contributed by atoms with van der Waals surface area (Å²) in [7, 11) is 0. The van der Waals surface area contributed by atoms with Gasteiger partial charge < -0.3 is 10.2 Å². The summed E-state index contributed by atoms with van der Waals surface area (Å²) in [6.45, 7) is 3.98. The van der Waals surface area contributed by atoms with E-state index in [4.69, 9.17) is 0 Å². The lowest BCUT2D eigenvalue weighted by Crippen LogP contribution is -2.69. The number of piperidine rings is 1. The Morgan fingerprint density at radius 1 is 1.50 bits per heavy atom. The number of fused-ring (bicyclic) bond motifs is 2. The maximum atomic E-state index is 11.8. The average Bonchev–Trinajstić information content (AvgIpc) is 2.19. The molecular formula is C11H18N2O. The fourth-order valence-electron chi connectivity index (χ4n) is 2.39. The van der Waals surface area contributed by atoms with E-state index in [0.717, 1.165) is 19.5 Å². The summed E-state index contributed by atoms with van der Waals surface area (Å²) < 4.78 is 0. The van der Waals surface area contributed by atoms with Crippen LogP contribution in [0.4, 0.5) is 0 Å². The van der Waals surface area contributed by atoms with E-state index in [1.54, 1.807) is 0 Å². The highest BCUT2D eigenvalue weighted by Crippen LogP contribution is 2.29. The standard InChI is InChI=1S/C11H18N2O/c1-2-3-4-5-11(14)13-9-6-10(13)8-12-7-9/h2-3,9-10,12H,4-8H2,1H3. The van der Waals surface area contributed by atoms with Crippen LogP contribution in [0.15, 0.2) is 12.2 Å². The number of allylic oxidation sites excluding steroid dienone is 2. The molecule has 3 heteroatoms. The number of nitrogens with one attached hydrogen (secondary N) is 1. The summed E-state index contributed by atoms with van der Waals surface area (Å²) in [6.07, 6.45) is 6.84. The predicted octanol–water partition coefficient (Wildman–Crippen LogP) is 0.915. The number of carbonyl (C=O) groups is 1. The highest BCUT2D eigenvalue weighted by molar-refractivity contribution is 5.78. The lowest BCUT2D eigenvalue weighted by molar-refractivity contribution is -0.147. The molecule has 3 fully saturated rings. The summed E-state index contributed by atoms with van der Waals surface area (Å²) in [5, 5.41) is 3.33. The van der Waals surface area contributed by atoms with Gasteiger partial charge in [0.25, 0.3) is 0 Å². The van der Waals surface area contributed by atoms with Crippen LogP contribution in [-0.2, 0) is 4.79 Å². The Kier molecular flexibility index (Phi) is 2.87. The monoisotopic (exact) mass is 194 g/mol. The maximum Gasteiger partial charge on any atom is 0.223 e. The molecular weight excluding hydrogens is 176 g/mol. The molecule has 3 heterocycles. The van der Waals surface area contributed by atoms with Gasteiger partial charge in [-0.1, -0.05) is 12.2 Å². The van der Waals surface area contributed by atoms with E-state index in [0.29, 0.717) is 24.4 Å². The lowest BCUT2D eigenvalue weighted by Gasteiger charge is -2.53. The van der Waals surface area contributed by atoms with Gasteiger partial charge in [-0.2, -0.15) is 0 Å². The van der Waals surface area contributed by atoms with Crippen molar-refractivity contribution in [1.29, 1.82) is 0 Å². The van der Waals surface area contributed by atoms with Crippen molar-refractivity contribution in [2.75, 3.05) is 13.1 Å². The normalized spacial score (nSPS) is 30.5. The van der Waals surface area contributed by atoms with Gasteiger partial charge in [0.15, 0.2) is 0 Å². The van der Waals surface area contributed by atoms with E-state index in [1.807, 2.05) is 13.0 Å². The molecule has 1 amide bonds. The van der Waals surface area contributed by atoms with Gasteiger partial charge in [-0.15, -0.1) is 0 Å². The van der Waals surface area contributed by atoms with Gasteiger partial charge in [-0.3, -0.25) is 4.79 Å². The second-order valence-electron chi connectivity index (χ2n) is 4.11. The molecule has 0 aromatic rings. The minimum absolute atomic E-state index is 0.339. The molecule has 0 aromatic carbocycles. The summed E-state index contributed by atoms with van der Waals surface area (Å²) >= 11 is 0. The summed E-state index contributed by atoms with van der Waals surface area (Å²) in [6, 6.07) is 0.985. The van der Waals surface area contributed by atoms with Crippen LogP contribution < -0.4 is 5.32 Å². The van der Waals surface area contributed by atoms with Crippen LogP contribution in [0.3, 0.4) is 0 Å². The first kappa shape index (κ1) is 9.71. The Morgan fingerprint density at radius 3 is 2.79 bits per heavy atom. The number of nitrogens with zero attached hydrogens (tertiary/aromatic N) is 1. The molecule has 3 nitrogen and oxygen atoms in total. The highest BCUT2D eigenvalue weighted by atomic mass is 16.2. The van der Waals surface area contributed by atoms with Crippen molar-refractivity contribution in [2.24, 2.45) is 0 Å². The molecule has 0 spiro atoms. The number of hydrogen-bond donors (Lipinski definition) is 1. The molecule has 3 rings (SSSR count). The van der Waals surface area contributed by atoms with E-state index in [-0.39, 0.29) is 0 Å². The van der Waals surface area contributed by atoms with E-state index in [2.05, 4.69) is 16.3 Å². The van der Waals surface area contributed by atoms with E-state index in [9.17, 15) is 4.79 Å². The average molecular weight is 194 g/mol. The number of amides is 1. The number of piperazine rings is 1. The first-order valence-electron chi connectivity index (χ1n) is 5.46. The highest BCUT2D eigenvalue weighted by Gasteiger charge is 2.43. The van der Waals surface area contributed by atoms with Gasteiger partial charge >= 0.3 is 0 Å². The van der Waals surface area contributed by atoms with Gasteiger partial charge in [0.1, 0.15) is 0 Å². The molecule has 2 bridgehead atoms. The summed E-state index contributed by atoms with van der Waals surface area (Å²) in [5.41, 5.74) is 0. The number of rotatable bonds is 3. The molecule has 0 radical (unpaired) electrons. The molecule has 2 atom stereocenters. The lowest BCUT2D eigenvalue weighted by atomic mass is 9.88. The van der Waals surface area contributed by atoms with Crippen LogP contribution in [-0.4, -0.2) is 36.0 Å². The Labute approximate surface area is 85.2 Å². The minimum atomic E-state index is 0.339. The first-order chi connectivity index (χ1) is 6.83.